The Labute approximate surface area is 109 Å². The summed E-state index contributed by atoms with van der Waals surface area (Å²) in [5.74, 6) is 0.158. The largest absolute Gasteiger partial charge is 0.399 e. The van der Waals surface area contributed by atoms with E-state index in [0.717, 1.165) is 30.5 Å². The highest BCUT2D eigenvalue weighted by Crippen LogP contribution is 2.18. The lowest BCUT2D eigenvalue weighted by atomic mass is 9.95. The molecular formula is C15H22N2O. The molecule has 1 amide bonds. The van der Waals surface area contributed by atoms with Crippen molar-refractivity contribution in [1.29, 1.82) is 0 Å². The van der Waals surface area contributed by atoms with Crippen molar-refractivity contribution in [3.63, 3.8) is 0 Å². The quantitative estimate of drug-likeness (QED) is 0.802. The molecule has 3 heteroatoms. The van der Waals surface area contributed by atoms with E-state index in [1.807, 2.05) is 24.3 Å². The fraction of sp³-hybridized carbons (Fsp3) is 0.533. The monoisotopic (exact) mass is 246 g/mol. The Morgan fingerprint density at radius 2 is 1.94 bits per heavy atom. The molecule has 1 aromatic rings. The first-order valence-electron chi connectivity index (χ1n) is 6.88. The summed E-state index contributed by atoms with van der Waals surface area (Å²) in [5.41, 5.74) is 7.71. The van der Waals surface area contributed by atoms with Gasteiger partial charge in [-0.1, -0.05) is 37.5 Å². The fourth-order valence-electron chi connectivity index (χ4n) is 2.56. The predicted molar refractivity (Wildman–Crippen MR) is 74.2 cm³/mol. The summed E-state index contributed by atoms with van der Waals surface area (Å²) < 4.78 is 0. The standard InChI is InChI=1S/C15H22N2O/c16-14-9-5-4-6-12(14)10-11-15(18)17-13-7-2-1-3-8-13/h4-6,9,13H,1-3,7-8,10-11,16H2,(H,17,18). The number of nitrogen functional groups attached to an aromatic ring is 1. The van der Waals surface area contributed by atoms with Crippen LogP contribution < -0.4 is 11.1 Å². The normalized spacial score (nSPS) is 16.4. The Hall–Kier alpha value is -1.51. The maximum Gasteiger partial charge on any atom is 0.220 e. The Kier molecular flexibility index (Phi) is 4.62. The molecule has 3 N–H and O–H groups in total. The maximum absolute atomic E-state index is 11.8. The number of hydrogen-bond donors (Lipinski definition) is 2. The van der Waals surface area contributed by atoms with Crippen molar-refractivity contribution in [2.24, 2.45) is 0 Å². The van der Waals surface area contributed by atoms with Crippen LogP contribution in [-0.4, -0.2) is 11.9 Å². The fourth-order valence-corrected chi connectivity index (χ4v) is 2.56. The molecule has 1 saturated carbocycles. The number of rotatable bonds is 4. The number of hydrogen-bond acceptors (Lipinski definition) is 2. The molecule has 0 spiro atoms. The van der Waals surface area contributed by atoms with Gasteiger partial charge in [0.05, 0.1) is 0 Å². The first kappa shape index (κ1) is 12.9. The van der Waals surface area contributed by atoms with Crippen molar-refractivity contribution >= 4 is 11.6 Å². The van der Waals surface area contributed by atoms with E-state index < -0.39 is 0 Å². The number of aryl methyl sites for hydroxylation is 1. The van der Waals surface area contributed by atoms with Crippen LogP contribution in [0.15, 0.2) is 24.3 Å². The van der Waals surface area contributed by atoms with E-state index in [9.17, 15) is 4.79 Å². The Bertz CT molecular complexity index is 397. The van der Waals surface area contributed by atoms with Gasteiger partial charge >= 0.3 is 0 Å². The molecule has 0 aromatic heterocycles. The zero-order chi connectivity index (χ0) is 12.8. The van der Waals surface area contributed by atoms with E-state index in [0.29, 0.717) is 12.5 Å². The molecule has 1 aliphatic carbocycles. The molecule has 98 valence electrons. The summed E-state index contributed by atoms with van der Waals surface area (Å²) in [4.78, 5) is 11.8. The number of amides is 1. The molecule has 0 unspecified atom stereocenters. The van der Waals surface area contributed by atoms with Crippen molar-refractivity contribution in [3.8, 4) is 0 Å². The minimum absolute atomic E-state index is 0.158. The van der Waals surface area contributed by atoms with Gasteiger partial charge in [0.2, 0.25) is 5.91 Å². The molecule has 0 bridgehead atoms. The summed E-state index contributed by atoms with van der Waals surface area (Å²) in [6, 6.07) is 8.16. The van der Waals surface area contributed by atoms with E-state index in [2.05, 4.69) is 5.32 Å². The van der Waals surface area contributed by atoms with Gasteiger partial charge in [0, 0.05) is 18.2 Å². The zero-order valence-electron chi connectivity index (χ0n) is 10.8. The van der Waals surface area contributed by atoms with Gasteiger partial charge in [0.25, 0.3) is 0 Å². The van der Waals surface area contributed by atoms with Gasteiger partial charge in [-0.15, -0.1) is 0 Å². The first-order valence-corrected chi connectivity index (χ1v) is 6.88. The summed E-state index contributed by atoms with van der Waals surface area (Å²) in [6.07, 6.45) is 7.34. The third-order valence-electron chi connectivity index (χ3n) is 3.65. The molecule has 1 aliphatic rings. The molecule has 0 heterocycles. The second-order valence-corrected chi connectivity index (χ2v) is 5.10. The van der Waals surface area contributed by atoms with Crippen LogP contribution in [0.5, 0.6) is 0 Å². The van der Waals surface area contributed by atoms with Gasteiger partial charge in [-0.25, -0.2) is 0 Å². The molecule has 0 aliphatic heterocycles. The minimum atomic E-state index is 0.158. The highest BCUT2D eigenvalue weighted by molar-refractivity contribution is 5.76. The van der Waals surface area contributed by atoms with Gasteiger partial charge in [0.15, 0.2) is 0 Å². The van der Waals surface area contributed by atoms with Crippen LogP contribution in [0.1, 0.15) is 44.1 Å². The molecule has 2 rings (SSSR count). The predicted octanol–water partition coefficient (Wildman–Crippen LogP) is 2.65. The van der Waals surface area contributed by atoms with E-state index in [4.69, 9.17) is 5.73 Å². The van der Waals surface area contributed by atoms with Gasteiger partial charge in [-0.05, 0) is 30.9 Å². The van der Waals surface area contributed by atoms with Crippen LogP contribution in [0.25, 0.3) is 0 Å². The lowest BCUT2D eigenvalue weighted by molar-refractivity contribution is -0.121. The number of carbonyl (C=O) groups excluding carboxylic acids is 1. The Balaban J connectivity index is 1.76. The van der Waals surface area contributed by atoms with Gasteiger partial charge in [-0.3, -0.25) is 4.79 Å². The van der Waals surface area contributed by atoms with Gasteiger partial charge in [0.1, 0.15) is 0 Å². The zero-order valence-corrected chi connectivity index (χ0v) is 10.8. The summed E-state index contributed by atoms with van der Waals surface area (Å²) >= 11 is 0. The van der Waals surface area contributed by atoms with Crippen molar-refractivity contribution in [2.45, 2.75) is 51.0 Å². The molecule has 1 aromatic carbocycles. The Morgan fingerprint density at radius 1 is 1.22 bits per heavy atom. The van der Waals surface area contributed by atoms with E-state index in [1.54, 1.807) is 0 Å². The van der Waals surface area contributed by atoms with Gasteiger partial charge < -0.3 is 11.1 Å². The number of carbonyl (C=O) groups is 1. The molecule has 1 fully saturated rings. The number of anilines is 1. The number of nitrogens with one attached hydrogen (secondary N) is 1. The Morgan fingerprint density at radius 3 is 2.67 bits per heavy atom. The molecule has 0 saturated heterocycles. The number of benzene rings is 1. The molecule has 0 radical (unpaired) electrons. The van der Waals surface area contributed by atoms with Crippen LogP contribution in [0.4, 0.5) is 5.69 Å². The average Bonchev–Trinajstić information content (AvgIpc) is 2.39. The van der Waals surface area contributed by atoms with Crippen molar-refractivity contribution in [1.82, 2.24) is 5.32 Å². The van der Waals surface area contributed by atoms with Crippen LogP contribution in [-0.2, 0) is 11.2 Å². The van der Waals surface area contributed by atoms with Crippen LogP contribution >= 0.6 is 0 Å². The smallest absolute Gasteiger partial charge is 0.220 e. The number of nitrogens with two attached hydrogens (primary N) is 1. The SMILES string of the molecule is Nc1ccccc1CCC(=O)NC1CCCCC1. The molecule has 0 atom stereocenters. The van der Waals surface area contributed by atoms with Gasteiger partial charge in [-0.2, -0.15) is 0 Å². The minimum Gasteiger partial charge on any atom is -0.399 e. The summed E-state index contributed by atoms with van der Waals surface area (Å²) in [7, 11) is 0. The molecule has 3 nitrogen and oxygen atoms in total. The highest BCUT2D eigenvalue weighted by Gasteiger charge is 2.15. The third kappa shape index (κ3) is 3.76. The second kappa shape index (κ2) is 6.43. The van der Waals surface area contributed by atoms with E-state index in [-0.39, 0.29) is 5.91 Å². The van der Waals surface area contributed by atoms with Crippen molar-refractivity contribution < 1.29 is 4.79 Å². The highest BCUT2D eigenvalue weighted by atomic mass is 16.1. The lowest BCUT2D eigenvalue weighted by Crippen LogP contribution is -2.36. The topological polar surface area (TPSA) is 55.1 Å². The summed E-state index contributed by atoms with van der Waals surface area (Å²) in [5, 5.41) is 3.13. The van der Waals surface area contributed by atoms with Crippen molar-refractivity contribution in [2.75, 3.05) is 5.73 Å². The average molecular weight is 246 g/mol. The maximum atomic E-state index is 11.8. The molecule has 18 heavy (non-hydrogen) atoms. The summed E-state index contributed by atoms with van der Waals surface area (Å²) in [6.45, 7) is 0. The van der Waals surface area contributed by atoms with Crippen LogP contribution in [0, 0.1) is 0 Å². The van der Waals surface area contributed by atoms with Crippen LogP contribution in [0.3, 0.4) is 0 Å². The van der Waals surface area contributed by atoms with E-state index >= 15 is 0 Å². The first-order chi connectivity index (χ1) is 8.75. The number of para-hydroxylation sites is 1. The van der Waals surface area contributed by atoms with Crippen molar-refractivity contribution in [3.05, 3.63) is 29.8 Å². The lowest BCUT2D eigenvalue weighted by Gasteiger charge is -2.22. The van der Waals surface area contributed by atoms with E-state index in [1.165, 1.54) is 19.3 Å². The van der Waals surface area contributed by atoms with Crippen LogP contribution in [0.2, 0.25) is 0 Å². The second-order valence-electron chi connectivity index (χ2n) is 5.10. The third-order valence-corrected chi connectivity index (χ3v) is 3.65. The molecular weight excluding hydrogens is 224 g/mol.